The summed E-state index contributed by atoms with van der Waals surface area (Å²) < 4.78 is 7.06. The van der Waals surface area contributed by atoms with Crippen molar-refractivity contribution in [3.05, 3.63) is 48.4 Å². The minimum absolute atomic E-state index is 0.0760. The number of β-lactam (4-membered cyclic amide) rings is 1. The number of carboxylic acids is 1. The summed E-state index contributed by atoms with van der Waals surface area (Å²) in [6.45, 7) is 0.281. The Hall–Kier alpha value is -3.18. The van der Waals surface area contributed by atoms with Crippen LogP contribution < -0.4 is 9.88 Å². The van der Waals surface area contributed by atoms with Crippen molar-refractivity contribution in [3.63, 3.8) is 0 Å². The number of halogens is 1. The van der Waals surface area contributed by atoms with Crippen LogP contribution in [0.25, 0.3) is 11.3 Å². The number of aromatic nitrogens is 2. The van der Waals surface area contributed by atoms with Crippen molar-refractivity contribution in [2.24, 2.45) is 0 Å². The smallest absolute Gasteiger partial charge is 0.352 e. The highest BCUT2D eigenvalue weighted by atomic mass is 35.5. The Kier molecular flexibility index (Phi) is 6.28. The van der Waals surface area contributed by atoms with Crippen molar-refractivity contribution in [3.8, 4) is 11.3 Å². The predicted molar refractivity (Wildman–Crippen MR) is 112 cm³/mol. The Labute approximate surface area is 191 Å². The maximum absolute atomic E-state index is 12.6. The summed E-state index contributed by atoms with van der Waals surface area (Å²) in [5.74, 6) is -2.09. The molecule has 2 atom stereocenters. The Bertz CT molecular complexity index is 1100. The minimum atomic E-state index is -1.21. The quantitative estimate of drug-likeness (QED) is 0.244. The summed E-state index contributed by atoms with van der Waals surface area (Å²) in [7, 11) is 0. The number of hydrogen-bond acceptors (Lipinski definition) is 7. The monoisotopic (exact) mass is 477 g/mol. The van der Waals surface area contributed by atoms with Crippen LogP contribution in [0, 0.1) is 0 Å². The number of rotatable bonds is 8. The van der Waals surface area contributed by atoms with Crippen LogP contribution >= 0.6 is 23.4 Å². The number of amides is 2. The third-order valence-corrected chi connectivity index (χ3v) is 6.69. The van der Waals surface area contributed by atoms with E-state index >= 15 is 0 Å². The van der Waals surface area contributed by atoms with Crippen LogP contribution in [0.1, 0.15) is 6.42 Å². The summed E-state index contributed by atoms with van der Waals surface area (Å²) in [4.78, 5) is 53.0. The number of carbonyl (C=O) groups is 4. The molecule has 4 rings (SSSR count). The van der Waals surface area contributed by atoms with Crippen molar-refractivity contribution < 1.29 is 33.3 Å². The number of pyridine rings is 1. The maximum Gasteiger partial charge on any atom is 0.352 e. The number of carboxylic acid groups (broad SMARTS) is 1. The molecule has 2 aromatic heterocycles. The van der Waals surface area contributed by atoms with Gasteiger partial charge in [0.1, 0.15) is 17.1 Å². The number of fused-ring (bicyclic) bond motifs is 1. The first kappa shape index (κ1) is 22.0. The minimum Gasteiger partial charge on any atom is -0.477 e. The molecule has 166 valence electrons. The van der Waals surface area contributed by atoms with E-state index in [-0.39, 0.29) is 18.1 Å². The highest BCUT2D eigenvalue weighted by Gasteiger charge is 2.54. The normalized spacial score (nSPS) is 19.9. The van der Waals surface area contributed by atoms with Gasteiger partial charge in [0.05, 0.1) is 18.5 Å². The van der Waals surface area contributed by atoms with Crippen LogP contribution in [0.3, 0.4) is 0 Å². The third kappa shape index (κ3) is 4.26. The van der Waals surface area contributed by atoms with E-state index in [4.69, 9.17) is 16.0 Å². The number of oxazole rings is 1. The highest BCUT2D eigenvalue weighted by molar-refractivity contribution is 8.00. The Morgan fingerprint density at radius 2 is 2.09 bits per heavy atom. The van der Waals surface area contributed by atoms with Crippen molar-refractivity contribution in [1.82, 2.24) is 15.2 Å². The second-order valence-electron chi connectivity index (χ2n) is 7.19. The van der Waals surface area contributed by atoms with Gasteiger partial charge in [-0.25, -0.2) is 14.3 Å². The lowest BCUT2D eigenvalue weighted by Crippen LogP contribution is -2.70. The summed E-state index contributed by atoms with van der Waals surface area (Å²) in [5.41, 5.74) is 1.33. The van der Waals surface area contributed by atoms with Gasteiger partial charge in [-0.15, -0.1) is 23.4 Å². The molecule has 0 saturated carbocycles. The van der Waals surface area contributed by atoms with Crippen LogP contribution in [0.4, 0.5) is 0 Å². The van der Waals surface area contributed by atoms with Crippen LogP contribution in [-0.4, -0.2) is 61.6 Å². The van der Waals surface area contributed by atoms with Gasteiger partial charge in [-0.05, 0) is 0 Å². The molecule has 10 nitrogen and oxygen atoms in total. The van der Waals surface area contributed by atoms with E-state index in [2.05, 4.69) is 10.3 Å². The van der Waals surface area contributed by atoms with Gasteiger partial charge in [0, 0.05) is 29.0 Å². The van der Waals surface area contributed by atoms with Crippen LogP contribution in [-0.2, 0) is 25.7 Å². The van der Waals surface area contributed by atoms with Gasteiger partial charge in [-0.1, -0.05) is 0 Å². The van der Waals surface area contributed by atoms with E-state index < -0.39 is 41.4 Å². The second kappa shape index (κ2) is 9.13. The fourth-order valence-corrected chi connectivity index (χ4v) is 4.99. The van der Waals surface area contributed by atoms with Crippen LogP contribution in [0.15, 0.2) is 52.8 Å². The van der Waals surface area contributed by atoms with E-state index in [0.717, 1.165) is 5.56 Å². The number of ketones is 1. The van der Waals surface area contributed by atoms with Crippen molar-refractivity contribution >= 4 is 46.9 Å². The molecule has 2 aliphatic rings. The van der Waals surface area contributed by atoms with E-state index in [1.807, 2.05) is 12.1 Å². The molecule has 0 aliphatic carbocycles. The fourth-order valence-electron chi connectivity index (χ4n) is 3.56. The molecule has 0 radical (unpaired) electrons. The van der Waals surface area contributed by atoms with Crippen molar-refractivity contribution in [1.29, 1.82) is 0 Å². The van der Waals surface area contributed by atoms with Crippen molar-refractivity contribution in [2.45, 2.75) is 24.4 Å². The highest BCUT2D eigenvalue weighted by Crippen LogP contribution is 2.40. The number of nitrogens with zero attached hydrogens (tertiary/aromatic N) is 3. The van der Waals surface area contributed by atoms with E-state index in [1.54, 1.807) is 23.2 Å². The molecule has 2 N–H and O–H groups in total. The van der Waals surface area contributed by atoms with Gasteiger partial charge in [0.2, 0.25) is 5.91 Å². The molecule has 0 unspecified atom stereocenters. The van der Waals surface area contributed by atoms with Gasteiger partial charge in [0.25, 0.3) is 5.91 Å². The number of Topliss-reactive ketones (excluding diaryl/α,β-unsaturated/α-hetero) is 1. The predicted octanol–water partition coefficient (Wildman–Crippen LogP) is 0.566. The molecular weight excluding hydrogens is 460 g/mol. The third-order valence-electron chi connectivity index (χ3n) is 5.05. The molecular formula is C20H18ClN4O6S+. The molecule has 4 heterocycles. The first-order valence-electron chi connectivity index (χ1n) is 9.54. The number of aliphatic carboxylic acids is 1. The zero-order valence-electron chi connectivity index (χ0n) is 16.6. The van der Waals surface area contributed by atoms with Crippen molar-refractivity contribution in [2.75, 3.05) is 11.6 Å². The average Bonchev–Trinajstić information content (AvgIpc) is 3.32. The van der Waals surface area contributed by atoms with Gasteiger partial charge < -0.3 is 14.8 Å². The number of carbonyl (C=O) groups excluding carboxylic acids is 3. The van der Waals surface area contributed by atoms with E-state index in [9.17, 15) is 24.3 Å². The average molecular weight is 478 g/mol. The van der Waals surface area contributed by atoms with E-state index in [0.29, 0.717) is 17.1 Å². The Morgan fingerprint density at radius 1 is 1.34 bits per heavy atom. The number of thioether (sulfide) groups is 1. The fraction of sp³-hybridized carbons (Fsp3) is 0.300. The SMILES string of the molecule is O=C(CCl)CC(=O)N[C@@H]1C(=O)N2C(C(=O)O)=C(C[n+]3ccc(-c4cnco4)cc3)CS[C@H]12. The first-order valence-corrected chi connectivity index (χ1v) is 11.1. The molecule has 32 heavy (non-hydrogen) atoms. The molecule has 2 aliphatic heterocycles. The van der Waals surface area contributed by atoms with Gasteiger partial charge in [-0.2, -0.15) is 0 Å². The van der Waals surface area contributed by atoms with Crippen LogP contribution in [0.2, 0.25) is 0 Å². The standard InChI is InChI=1S/C20H17ClN4O6S/c21-6-13(26)5-15(27)23-16-18(28)25-17(20(29)30)12(9-32-19(16)25)8-24-3-1-11(2-4-24)14-7-22-10-31-14/h1-4,7,10,16,19H,5-6,8-9H2,(H-,23,27,29,30)/p+1/t16-,19-/m1/s1. The van der Waals surface area contributed by atoms with Gasteiger partial charge in [-0.3, -0.25) is 19.3 Å². The van der Waals surface area contributed by atoms with Crippen LogP contribution in [0.5, 0.6) is 0 Å². The molecule has 0 bridgehead atoms. The number of hydrogen-bond donors (Lipinski definition) is 2. The first-order chi connectivity index (χ1) is 15.4. The largest absolute Gasteiger partial charge is 0.477 e. The summed E-state index contributed by atoms with van der Waals surface area (Å²) >= 11 is 6.76. The molecule has 1 fully saturated rings. The Morgan fingerprint density at radius 3 is 2.72 bits per heavy atom. The number of alkyl halides is 1. The van der Waals surface area contributed by atoms with E-state index in [1.165, 1.54) is 23.1 Å². The molecule has 12 heteroatoms. The maximum atomic E-state index is 12.6. The second-order valence-corrected chi connectivity index (χ2v) is 8.56. The van der Waals surface area contributed by atoms with Gasteiger partial charge >= 0.3 is 5.97 Å². The lowest BCUT2D eigenvalue weighted by Gasteiger charge is -2.49. The summed E-state index contributed by atoms with van der Waals surface area (Å²) in [6, 6.07) is 2.77. The molecule has 0 spiro atoms. The molecule has 0 aromatic carbocycles. The Balaban J connectivity index is 1.49. The molecule has 2 amide bonds. The zero-order valence-corrected chi connectivity index (χ0v) is 18.1. The molecule has 2 aromatic rings. The van der Waals surface area contributed by atoms with Gasteiger partial charge in [0.15, 0.2) is 36.9 Å². The zero-order chi connectivity index (χ0) is 22.8. The lowest BCUT2D eigenvalue weighted by atomic mass is 10.0. The topological polar surface area (TPSA) is 134 Å². The lowest BCUT2D eigenvalue weighted by molar-refractivity contribution is -0.689. The molecule has 1 saturated heterocycles. The summed E-state index contributed by atoms with van der Waals surface area (Å²) in [5, 5.41) is 11.8. The summed E-state index contributed by atoms with van der Waals surface area (Å²) in [6.07, 6.45) is 6.09. The number of nitrogens with one attached hydrogen (secondary N) is 1.